The van der Waals surface area contributed by atoms with Crippen molar-refractivity contribution in [3.63, 3.8) is 0 Å². The van der Waals surface area contributed by atoms with Gasteiger partial charge in [0.25, 0.3) is 0 Å². The number of hydrogen-bond donors (Lipinski definition) is 1. The highest BCUT2D eigenvalue weighted by atomic mass is 16.6. The number of carbonyl (C=O) groups excluding carboxylic acids is 3. The molecule has 0 bridgehead atoms. The molecule has 3 amide bonds. The average molecular weight is 355 g/mol. The predicted octanol–water partition coefficient (Wildman–Crippen LogP) is 2.00. The maximum Gasteiger partial charge on any atom is 0.410 e. The highest BCUT2D eigenvalue weighted by molar-refractivity contribution is 5.89. The first kappa shape index (κ1) is 21.3. The number of nitrogens with zero attached hydrogens (tertiary/aromatic N) is 2. The van der Waals surface area contributed by atoms with Crippen LogP contribution < -0.4 is 5.32 Å². The van der Waals surface area contributed by atoms with Gasteiger partial charge in [0, 0.05) is 31.1 Å². The van der Waals surface area contributed by atoms with E-state index >= 15 is 0 Å². The summed E-state index contributed by atoms with van der Waals surface area (Å²) >= 11 is 0. The van der Waals surface area contributed by atoms with E-state index in [-0.39, 0.29) is 23.9 Å². The summed E-state index contributed by atoms with van der Waals surface area (Å²) < 4.78 is 5.39. The Hall–Kier alpha value is -1.79. The van der Waals surface area contributed by atoms with Gasteiger partial charge >= 0.3 is 6.09 Å². The number of rotatable bonds is 2. The fraction of sp³-hybridized carbons (Fsp3) is 0.833. The van der Waals surface area contributed by atoms with Gasteiger partial charge in [0.1, 0.15) is 11.6 Å². The molecule has 1 rings (SSSR count). The van der Waals surface area contributed by atoms with Crippen molar-refractivity contribution in [3.8, 4) is 0 Å². The van der Waals surface area contributed by atoms with E-state index in [0.29, 0.717) is 19.6 Å². The number of piperazine rings is 1. The Labute approximate surface area is 151 Å². The molecule has 7 heteroatoms. The first-order chi connectivity index (χ1) is 11.2. The van der Waals surface area contributed by atoms with E-state index in [1.807, 2.05) is 48.5 Å². The smallest absolute Gasteiger partial charge is 0.410 e. The molecule has 1 unspecified atom stereocenters. The molecule has 0 aromatic carbocycles. The zero-order chi connectivity index (χ0) is 19.6. The van der Waals surface area contributed by atoms with Gasteiger partial charge in [-0.1, -0.05) is 20.8 Å². The molecule has 1 saturated heterocycles. The van der Waals surface area contributed by atoms with Crippen LogP contribution in [0.1, 0.15) is 55.4 Å². The van der Waals surface area contributed by atoms with Crippen molar-refractivity contribution in [2.45, 2.75) is 73.1 Å². The third-order valence-corrected chi connectivity index (χ3v) is 3.96. The molecule has 7 nitrogen and oxygen atoms in total. The number of amides is 3. The molecule has 0 saturated carbocycles. The molecule has 0 spiro atoms. The molecule has 1 fully saturated rings. The number of hydrogen-bond acceptors (Lipinski definition) is 4. The predicted molar refractivity (Wildman–Crippen MR) is 96.0 cm³/mol. The van der Waals surface area contributed by atoms with Gasteiger partial charge < -0.3 is 19.9 Å². The lowest BCUT2D eigenvalue weighted by molar-refractivity contribution is -0.141. The zero-order valence-electron chi connectivity index (χ0n) is 16.8. The van der Waals surface area contributed by atoms with Crippen LogP contribution >= 0.6 is 0 Å². The van der Waals surface area contributed by atoms with Crippen LogP contribution in [0.5, 0.6) is 0 Å². The maximum absolute atomic E-state index is 12.7. The van der Waals surface area contributed by atoms with Gasteiger partial charge in [0.15, 0.2) is 0 Å². The van der Waals surface area contributed by atoms with Crippen LogP contribution in [-0.4, -0.2) is 65.0 Å². The van der Waals surface area contributed by atoms with E-state index in [1.54, 1.807) is 16.7 Å². The largest absolute Gasteiger partial charge is 0.444 e. The van der Waals surface area contributed by atoms with Crippen LogP contribution in [0.25, 0.3) is 0 Å². The fourth-order valence-corrected chi connectivity index (χ4v) is 2.50. The zero-order valence-corrected chi connectivity index (χ0v) is 16.8. The third-order valence-electron chi connectivity index (χ3n) is 3.96. The molecule has 0 aromatic rings. The van der Waals surface area contributed by atoms with Crippen molar-refractivity contribution < 1.29 is 19.1 Å². The summed E-state index contributed by atoms with van der Waals surface area (Å²) in [6.45, 7) is 15.8. The minimum Gasteiger partial charge on any atom is -0.444 e. The van der Waals surface area contributed by atoms with Crippen LogP contribution in [0.3, 0.4) is 0 Å². The van der Waals surface area contributed by atoms with Crippen molar-refractivity contribution in [2.75, 3.05) is 19.6 Å². The van der Waals surface area contributed by atoms with Gasteiger partial charge in [-0.15, -0.1) is 0 Å². The Morgan fingerprint density at radius 1 is 1.08 bits per heavy atom. The summed E-state index contributed by atoms with van der Waals surface area (Å²) in [6, 6.07) is -0.731. The summed E-state index contributed by atoms with van der Waals surface area (Å²) in [6.07, 6.45) is -0.361. The minimum absolute atomic E-state index is 0.131. The first-order valence-electron chi connectivity index (χ1n) is 8.82. The molecular formula is C18H33N3O4. The van der Waals surface area contributed by atoms with Crippen LogP contribution in [0, 0.1) is 5.41 Å². The molecule has 1 heterocycles. The van der Waals surface area contributed by atoms with E-state index in [9.17, 15) is 14.4 Å². The molecular weight excluding hydrogens is 322 g/mol. The van der Waals surface area contributed by atoms with E-state index in [1.165, 1.54) is 0 Å². The summed E-state index contributed by atoms with van der Waals surface area (Å²) in [7, 11) is 0. The second-order valence-electron chi connectivity index (χ2n) is 8.75. The lowest BCUT2D eigenvalue weighted by Gasteiger charge is -2.41. The van der Waals surface area contributed by atoms with Crippen LogP contribution in [-0.2, 0) is 14.3 Å². The fourth-order valence-electron chi connectivity index (χ4n) is 2.50. The topological polar surface area (TPSA) is 79.0 Å². The molecule has 1 N–H and O–H groups in total. The molecule has 0 aliphatic carbocycles. The van der Waals surface area contributed by atoms with Crippen LogP contribution in [0.15, 0.2) is 0 Å². The number of carbonyl (C=O) groups is 3. The van der Waals surface area contributed by atoms with E-state index in [2.05, 4.69) is 5.32 Å². The Morgan fingerprint density at radius 3 is 2.08 bits per heavy atom. The van der Waals surface area contributed by atoms with Crippen LogP contribution in [0.2, 0.25) is 0 Å². The second kappa shape index (κ2) is 7.62. The Morgan fingerprint density at radius 2 is 1.64 bits per heavy atom. The molecule has 2 atom stereocenters. The lowest BCUT2D eigenvalue weighted by atomic mass is 9.95. The highest BCUT2D eigenvalue weighted by Crippen LogP contribution is 2.17. The summed E-state index contributed by atoms with van der Waals surface area (Å²) in [5, 5.41) is 2.77. The second-order valence-corrected chi connectivity index (χ2v) is 8.75. The highest BCUT2D eigenvalue weighted by Gasteiger charge is 2.34. The molecule has 144 valence electrons. The van der Waals surface area contributed by atoms with Gasteiger partial charge in [0.2, 0.25) is 11.8 Å². The minimum atomic E-state index is -0.595. The molecule has 25 heavy (non-hydrogen) atoms. The van der Waals surface area contributed by atoms with E-state index in [4.69, 9.17) is 4.74 Å². The molecule has 0 radical (unpaired) electrons. The monoisotopic (exact) mass is 355 g/mol. The Balaban J connectivity index is 2.64. The van der Waals surface area contributed by atoms with Crippen molar-refractivity contribution >= 4 is 17.9 Å². The van der Waals surface area contributed by atoms with Gasteiger partial charge in [-0.25, -0.2) is 4.79 Å². The van der Waals surface area contributed by atoms with Crippen molar-refractivity contribution in [3.05, 3.63) is 0 Å². The number of nitrogens with one attached hydrogen (secondary N) is 1. The maximum atomic E-state index is 12.7. The van der Waals surface area contributed by atoms with Gasteiger partial charge in [-0.2, -0.15) is 0 Å². The SMILES string of the molecule is CC(NC(=O)C(C)(C)C)C(=O)N1CCN(C(=O)OC(C)(C)C)C[C@@H]1C. The molecule has 0 aromatic heterocycles. The van der Waals surface area contributed by atoms with Gasteiger partial charge in [-0.3, -0.25) is 9.59 Å². The standard InChI is InChI=1S/C18H33N3O4/c1-12-11-20(16(24)25-18(6,7)8)9-10-21(12)14(22)13(2)19-15(23)17(3,4)5/h12-13H,9-11H2,1-8H3,(H,19,23)/t12-,13?/m0/s1. The Bertz CT molecular complexity index is 519. The van der Waals surface area contributed by atoms with Gasteiger partial charge in [0.05, 0.1) is 0 Å². The summed E-state index contributed by atoms with van der Waals surface area (Å²) in [5.74, 6) is -0.290. The quantitative estimate of drug-likeness (QED) is 0.822. The average Bonchev–Trinajstić information content (AvgIpc) is 2.43. The van der Waals surface area contributed by atoms with Crippen molar-refractivity contribution in [1.82, 2.24) is 15.1 Å². The van der Waals surface area contributed by atoms with Crippen molar-refractivity contribution in [1.29, 1.82) is 0 Å². The third kappa shape index (κ3) is 6.21. The Kier molecular flexibility index (Phi) is 6.48. The van der Waals surface area contributed by atoms with Gasteiger partial charge in [-0.05, 0) is 34.6 Å². The number of ether oxygens (including phenoxy) is 1. The summed E-state index contributed by atoms with van der Waals surface area (Å²) in [4.78, 5) is 40.2. The van der Waals surface area contributed by atoms with E-state index < -0.39 is 17.1 Å². The van der Waals surface area contributed by atoms with Crippen molar-refractivity contribution in [2.24, 2.45) is 5.41 Å². The lowest BCUT2D eigenvalue weighted by Crippen LogP contribution is -2.59. The van der Waals surface area contributed by atoms with E-state index in [0.717, 1.165) is 0 Å². The molecule has 1 aliphatic heterocycles. The summed E-state index contributed by atoms with van der Waals surface area (Å²) in [5.41, 5.74) is -1.09. The van der Waals surface area contributed by atoms with Crippen LogP contribution in [0.4, 0.5) is 4.79 Å². The molecule has 1 aliphatic rings. The first-order valence-corrected chi connectivity index (χ1v) is 8.82. The normalized spacial score (nSPS) is 20.1.